The molecule has 1 atom stereocenters. The first-order valence-electron chi connectivity index (χ1n) is 4.42. The van der Waals surface area contributed by atoms with E-state index in [1.165, 1.54) is 0 Å². The molecular weight excluding hydrogens is 202 g/mol. The number of aliphatic hydroxyl groups is 2. The van der Waals surface area contributed by atoms with Gasteiger partial charge in [0.25, 0.3) is 0 Å². The van der Waals surface area contributed by atoms with E-state index in [2.05, 4.69) is 5.32 Å². The van der Waals surface area contributed by atoms with Gasteiger partial charge in [-0.05, 0) is 30.7 Å². The summed E-state index contributed by atoms with van der Waals surface area (Å²) >= 11 is 5.85. The fourth-order valence-electron chi connectivity index (χ4n) is 1.14. The predicted octanol–water partition coefficient (Wildman–Crippen LogP) is 1.41. The monoisotopic (exact) mass is 215 g/mol. The number of halogens is 1. The highest BCUT2D eigenvalue weighted by Gasteiger charge is 2.01. The van der Waals surface area contributed by atoms with Crippen molar-refractivity contribution in [2.45, 2.75) is 13.0 Å². The van der Waals surface area contributed by atoms with Gasteiger partial charge in [0.05, 0.1) is 12.7 Å². The third-order valence-electron chi connectivity index (χ3n) is 1.79. The molecule has 0 saturated heterocycles. The first kappa shape index (κ1) is 11.3. The Morgan fingerprint density at radius 1 is 1.43 bits per heavy atom. The summed E-state index contributed by atoms with van der Waals surface area (Å²) in [5.41, 5.74) is 1.90. The lowest BCUT2D eigenvalue weighted by molar-refractivity contribution is 0.105. The maximum absolute atomic E-state index is 9.11. The molecular formula is C10H14ClNO2. The SMILES string of the molecule is Cc1cc(Cl)cc(NCC(O)CO)c1. The number of hydrogen-bond donors (Lipinski definition) is 3. The lowest BCUT2D eigenvalue weighted by Crippen LogP contribution is -2.22. The van der Waals surface area contributed by atoms with Crippen LogP contribution >= 0.6 is 11.6 Å². The second-order valence-electron chi connectivity index (χ2n) is 3.23. The van der Waals surface area contributed by atoms with E-state index >= 15 is 0 Å². The Morgan fingerprint density at radius 2 is 2.14 bits per heavy atom. The maximum Gasteiger partial charge on any atom is 0.0942 e. The van der Waals surface area contributed by atoms with Gasteiger partial charge in [-0.1, -0.05) is 11.6 Å². The Bertz CT molecular complexity index is 284. The average molecular weight is 216 g/mol. The van der Waals surface area contributed by atoms with Crippen LogP contribution in [0.25, 0.3) is 0 Å². The molecule has 0 radical (unpaired) electrons. The van der Waals surface area contributed by atoms with Crippen LogP contribution in [0, 0.1) is 6.92 Å². The fourth-order valence-corrected chi connectivity index (χ4v) is 1.43. The molecule has 0 saturated carbocycles. The zero-order valence-corrected chi connectivity index (χ0v) is 8.75. The van der Waals surface area contributed by atoms with Crippen LogP contribution in [0.4, 0.5) is 5.69 Å². The van der Waals surface area contributed by atoms with E-state index in [9.17, 15) is 0 Å². The smallest absolute Gasteiger partial charge is 0.0942 e. The van der Waals surface area contributed by atoms with Gasteiger partial charge in [-0.2, -0.15) is 0 Å². The van der Waals surface area contributed by atoms with Crippen LogP contribution in [0.1, 0.15) is 5.56 Å². The fraction of sp³-hybridized carbons (Fsp3) is 0.400. The summed E-state index contributed by atoms with van der Waals surface area (Å²) < 4.78 is 0. The quantitative estimate of drug-likeness (QED) is 0.712. The van der Waals surface area contributed by atoms with Crippen LogP contribution < -0.4 is 5.32 Å². The molecule has 1 rings (SSSR count). The normalized spacial score (nSPS) is 12.6. The standard InChI is InChI=1S/C10H14ClNO2/c1-7-2-8(11)4-9(3-7)12-5-10(14)6-13/h2-4,10,12-14H,5-6H2,1H3. The topological polar surface area (TPSA) is 52.5 Å². The van der Waals surface area contributed by atoms with Crippen molar-refractivity contribution in [3.63, 3.8) is 0 Å². The largest absolute Gasteiger partial charge is 0.394 e. The van der Waals surface area contributed by atoms with Crippen molar-refractivity contribution in [1.82, 2.24) is 0 Å². The molecule has 1 aromatic rings. The number of aliphatic hydroxyl groups excluding tert-OH is 2. The minimum atomic E-state index is -0.741. The maximum atomic E-state index is 9.11. The number of aryl methyl sites for hydroxylation is 1. The van der Waals surface area contributed by atoms with Crippen molar-refractivity contribution in [3.8, 4) is 0 Å². The van der Waals surface area contributed by atoms with Crippen LogP contribution in [0.5, 0.6) is 0 Å². The molecule has 1 unspecified atom stereocenters. The van der Waals surface area contributed by atoms with Gasteiger partial charge in [0.15, 0.2) is 0 Å². The number of rotatable bonds is 4. The van der Waals surface area contributed by atoms with E-state index in [1.54, 1.807) is 6.07 Å². The number of anilines is 1. The van der Waals surface area contributed by atoms with Crippen molar-refractivity contribution < 1.29 is 10.2 Å². The Kier molecular flexibility index (Phi) is 4.20. The molecule has 0 fully saturated rings. The minimum Gasteiger partial charge on any atom is -0.394 e. The predicted molar refractivity (Wildman–Crippen MR) is 57.8 cm³/mol. The Balaban J connectivity index is 2.58. The molecule has 0 aliphatic carbocycles. The highest BCUT2D eigenvalue weighted by atomic mass is 35.5. The molecule has 0 bridgehead atoms. The molecule has 4 heteroatoms. The van der Waals surface area contributed by atoms with Gasteiger partial charge in [-0.25, -0.2) is 0 Å². The van der Waals surface area contributed by atoms with Crippen LogP contribution in [-0.4, -0.2) is 29.5 Å². The summed E-state index contributed by atoms with van der Waals surface area (Å²) in [6.07, 6.45) is -0.741. The third kappa shape index (κ3) is 3.54. The number of benzene rings is 1. The van der Waals surface area contributed by atoms with Crippen LogP contribution in [0.3, 0.4) is 0 Å². The van der Waals surface area contributed by atoms with E-state index < -0.39 is 6.10 Å². The van der Waals surface area contributed by atoms with Crippen molar-refractivity contribution in [1.29, 1.82) is 0 Å². The number of nitrogens with one attached hydrogen (secondary N) is 1. The molecule has 0 amide bonds. The summed E-state index contributed by atoms with van der Waals surface area (Å²) in [4.78, 5) is 0. The average Bonchev–Trinajstić information content (AvgIpc) is 2.12. The molecule has 14 heavy (non-hydrogen) atoms. The van der Waals surface area contributed by atoms with E-state index in [-0.39, 0.29) is 6.61 Å². The van der Waals surface area contributed by atoms with Crippen LogP contribution in [-0.2, 0) is 0 Å². The first-order valence-corrected chi connectivity index (χ1v) is 4.79. The molecule has 78 valence electrons. The summed E-state index contributed by atoms with van der Waals surface area (Å²) in [6, 6.07) is 5.56. The molecule has 0 aliphatic rings. The lowest BCUT2D eigenvalue weighted by atomic mass is 10.2. The van der Waals surface area contributed by atoms with Gasteiger partial charge in [0.2, 0.25) is 0 Å². The van der Waals surface area contributed by atoms with Gasteiger partial charge in [0, 0.05) is 17.3 Å². The third-order valence-corrected chi connectivity index (χ3v) is 2.01. The zero-order valence-electron chi connectivity index (χ0n) is 8.00. The van der Waals surface area contributed by atoms with Gasteiger partial charge in [0.1, 0.15) is 0 Å². The van der Waals surface area contributed by atoms with Gasteiger partial charge >= 0.3 is 0 Å². The van der Waals surface area contributed by atoms with Crippen molar-refractivity contribution in [2.75, 3.05) is 18.5 Å². The Morgan fingerprint density at radius 3 is 2.71 bits per heavy atom. The molecule has 1 aromatic carbocycles. The second kappa shape index (κ2) is 5.20. The zero-order chi connectivity index (χ0) is 10.6. The van der Waals surface area contributed by atoms with E-state index in [1.807, 2.05) is 19.1 Å². The molecule has 0 aromatic heterocycles. The molecule has 3 N–H and O–H groups in total. The number of hydrogen-bond acceptors (Lipinski definition) is 3. The molecule has 0 aliphatic heterocycles. The van der Waals surface area contributed by atoms with E-state index in [0.717, 1.165) is 11.3 Å². The van der Waals surface area contributed by atoms with Crippen molar-refractivity contribution >= 4 is 17.3 Å². The molecule has 3 nitrogen and oxygen atoms in total. The van der Waals surface area contributed by atoms with Crippen molar-refractivity contribution in [3.05, 3.63) is 28.8 Å². The summed E-state index contributed by atoms with van der Waals surface area (Å²) in [7, 11) is 0. The second-order valence-corrected chi connectivity index (χ2v) is 3.67. The van der Waals surface area contributed by atoms with Crippen LogP contribution in [0.2, 0.25) is 5.02 Å². The molecule has 0 heterocycles. The highest BCUT2D eigenvalue weighted by molar-refractivity contribution is 6.30. The first-order chi connectivity index (χ1) is 6.61. The minimum absolute atomic E-state index is 0.244. The Labute approximate surface area is 88.3 Å². The van der Waals surface area contributed by atoms with Gasteiger partial charge < -0.3 is 15.5 Å². The lowest BCUT2D eigenvalue weighted by Gasteiger charge is -2.10. The van der Waals surface area contributed by atoms with E-state index in [4.69, 9.17) is 21.8 Å². The molecule has 0 spiro atoms. The highest BCUT2D eigenvalue weighted by Crippen LogP contribution is 2.18. The van der Waals surface area contributed by atoms with Gasteiger partial charge in [-0.15, -0.1) is 0 Å². The van der Waals surface area contributed by atoms with E-state index in [0.29, 0.717) is 11.6 Å². The van der Waals surface area contributed by atoms with Gasteiger partial charge in [-0.3, -0.25) is 0 Å². The summed E-state index contributed by atoms with van der Waals surface area (Å²) in [6.45, 7) is 2.02. The summed E-state index contributed by atoms with van der Waals surface area (Å²) in [5.74, 6) is 0. The Hall–Kier alpha value is -0.770. The summed E-state index contributed by atoms with van der Waals surface area (Å²) in [5, 5.41) is 21.4. The van der Waals surface area contributed by atoms with Crippen LogP contribution in [0.15, 0.2) is 18.2 Å². The van der Waals surface area contributed by atoms with Crippen molar-refractivity contribution in [2.24, 2.45) is 0 Å².